The van der Waals surface area contributed by atoms with E-state index in [1.54, 1.807) is 9.47 Å². The Kier molecular flexibility index (Phi) is 3.97. The van der Waals surface area contributed by atoms with Crippen LogP contribution in [0.25, 0.3) is 11.0 Å². The molecule has 1 aromatic carbocycles. The van der Waals surface area contributed by atoms with E-state index in [0.29, 0.717) is 19.0 Å². The molecule has 0 atom stereocenters. The van der Waals surface area contributed by atoms with E-state index in [1.165, 1.54) is 11.1 Å². The van der Waals surface area contributed by atoms with Gasteiger partial charge in [0.2, 0.25) is 11.9 Å². The van der Waals surface area contributed by atoms with E-state index >= 15 is 0 Å². The zero-order valence-corrected chi connectivity index (χ0v) is 12.6. The summed E-state index contributed by atoms with van der Waals surface area (Å²) >= 11 is 0. The fourth-order valence-electron chi connectivity index (χ4n) is 2.38. The standard InChI is InChI=1S/C15H22N4O/c1-5-18(6-2)14(20)9-19-13-8-11(4)10(3)7-12(13)17-15(19)16/h7-8H,5-6,9H2,1-4H3,(H2,16,17). The van der Waals surface area contributed by atoms with Crippen molar-refractivity contribution in [3.63, 3.8) is 0 Å². The van der Waals surface area contributed by atoms with Gasteiger partial charge in [-0.25, -0.2) is 4.98 Å². The summed E-state index contributed by atoms with van der Waals surface area (Å²) in [6, 6.07) is 4.06. The number of fused-ring (bicyclic) bond motifs is 1. The summed E-state index contributed by atoms with van der Waals surface area (Å²) in [5, 5.41) is 0. The topological polar surface area (TPSA) is 64.2 Å². The van der Waals surface area contributed by atoms with Crippen LogP contribution in [-0.2, 0) is 11.3 Å². The molecule has 20 heavy (non-hydrogen) atoms. The zero-order valence-electron chi connectivity index (χ0n) is 12.6. The average molecular weight is 274 g/mol. The highest BCUT2D eigenvalue weighted by atomic mass is 16.2. The van der Waals surface area contributed by atoms with Crippen LogP contribution in [0.4, 0.5) is 5.95 Å². The summed E-state index contributed by atoms with van der Waals surface area (Å²) in [4.78, 5) is 18.4. The van der Waals surface area contributed by atoms with Gasteiger partial charge in [0.25, 0.3) is 0 Å². The van der Waals surface area contributed by atoms with E-state index in [-0.39, 0.29) is 12.5 Å². The first kappa shape index (κ1) is 14.4. The normalized spacial score (nSPS) is 11.0. The van der Waals surface area contributed by atoms with Gasteiger partial charge in [0.05, 0.1) is 11.0 Å². The lowest BCUT2D eigenvalue weighted by atomic mass is 10.1. The largest absolute Gasteiger partial charge is 0.369 e. The SMILES string of the molecule is CCN(CC)C(=O)Cn1c(N)nc2cc(C)c(C)cc21. The molecule has 2 aromatic rings. The maximum atomic E-state index is 12.2. The van der Waals surface area contributed by atoms with Crippen LogP contribution in [0.3, 0.4) is 0 Å². The maximum Gasteiger partial charge on any atom is 0.242 e. The first-order chi connectivity index (χ1) is 9.47. The highest BCUT2D eigenvalue weighted by molar-refractivity contribution is 5.84. The van der Waals surface area contributed by atoms with Crippen LogP contribution < -0.4 is 5.73 Å². The lowest BCUT2D eigenvalue weighted by Gasteiger charge is -2.19. The first-order valence-electron chi connectivity index (χ1n) is 6.98. The second-order valence-electron chi connectivity index (χ2n) is 5.05. The molecule has 0 unspecified atom stereocenters. The summed E-state index contributed by atoms with van der Waals surface area (Å²) in [5.41, 5.74) is 10.1. The number of benzene rings is 1. The Morgan fingerprint density at radius 3 is 2.45 bits per heavy atom. The molecule has 5 nitrogen and oxygen atoms in total. The number of carbonyl (C=O) groups is 1. The molecule has 1 aromatic heterocycles. The zero-order chi connectivity index (χ0) is 14.9. The third-order valence-electron chi connectivity index (χ3n) is 3.80. The predicted molar refractivity (Wildman–Crippen MR) is 81.5 cm³/mol. The number of amides is 1. The molecule has 0 saturated heterocycles. The van der Waals surface area contributed by atoms with E-state index in [2.05, 4.69) is 11.9 Å². The Bertz CT molecular complexity index is 641. The van der Waals surface area contributed by atoms with Gasteiger partial charge < -0.3 is 15.2 Å². The Hall–Kier alpha value is -2.04. The third kappa shape index (κ3) is 2.48. The van der Waals surface area contributed by atoms with Crippen LogP contribution >= 0.6 is 0 Å². The number of likely N-dealkylation sites (N-methyl/N-ethyl adjacent to an activating group) is 1. The average Bonchev–Trinajstić information content (AvgIpc) is 2.68. The number of nitrogens with zero attached hydrogens (tertiary/aromatic N) is 3. The van der Waals surface area contributed by atoms with E-state index in [0.717, 1.165) is 11.0 Å². The van der Waals surface area contributed by atoms with Crippen molar-refractivity contribution < 1.29 is 4.79 Å². The van der Waals surface area contributed by atoms with Crippen molar-refractivity contribution in [2.24, 2.45) is 0 Å². The number of nitrogens with two attached hydrogens (primary N) is 1. The summed E-state index contributed by atoms with van der Waals surface area (Å²) in [6.07, 6.45) is 0. The molecule has 5 heteroatoms. The van der Waals surface area contributed by atoms with Crippen LogP contribution in [0.1, 0.15) is 25.0 Å². The van der Waals surface area contributed by atoms with E-state index in [4.69, 9.17) is 5.73 Å². The van der Waals surface area contributed by atoms with E-state index in [9.17, 15) is 4.79 Å². The van der Waals surface area contributed by atoms with E-state index in [1.807, 2.05) is 32.9 Å². The highest BCUT2D eigenvalue weighted by Crippen LogP contribution is 2.22. The van der Waals surface area contributed by atoms with Crippen LogP contribution in [0, 0.1) is 13.8 Å². The minimum Gasteiger partial charge on any atom is -0.369 e. The van der Waals surface area contributed by atoms with Crippen molar-refractivity contribution in [2.75, 3.05) is 18.8 Å². The monoisotopic (exact) mass is 274 g/mol. The van der Waals surface area contributed by atoms with Gasteiger partial charge >= 0.3 is 0 Å². The number of anilines is 1. The summed E-state index contributed by atoms with van der Waals surface area (Å²) in [7, 11) is 0. The molecule has 2 rings (SSSR count). The number of nitrogen functional groups attached to an aromatic ring is 1. The molecule has 0 fully saturated rings. The smallest absolute Gasteiger partial charge is 0.242 e. The molecule has 0 spiro atoms. The number of hydrogen-bond acceptors (Lipinski definition) is 3. The quantitative estimate of drug-likeness (QED) is 0.928. The number of aryl methyl sites for hydroxylation is 2. The van der Waals surface area contributed by atoms with Crippen molar-refractivity contribution >= 4 is 22.9 Å². The van der Waals surface area contributed by atoms with Crippen LogP contribution in [0.2, 0.25) is 0 Å². The number of rotatable bonds is 4. The lowest BCUT2D eigenvalue weighted by Crippen LogP contribution is -2.33. The fourth-order valence-corrected chi connectivity index (χ4v) is 2.38. The minimum absolute atomic E-state index is 0.0687. The molecular formula is C15H22N4O. The summed E-state index contributed by atoms with van der Waals surface area (Å²) < 4.78 is 1.79. The summed E-state index contributed by atoms with van der Waals surface area (Å²) in [6.45, 7) is 9.71. The number of imidazole rings is 1. The van der Waals surface area contributed by atoms with Crippen molar-refractivity contribution in [3.05, 3.63) is 23.3 Å². The van der Waals surface area contributed by atoms with Gasteiger partial charge in [-0.2, -0.15) is 0 Å². The second kappa shape index (κ2) is 5.53. The van der Waals surface area contributed by atoms with Crippen molar-refractivity contribution in [1.82, 2.24) is 14.5 Å². The molecule has 0 radical (unpaired) electrons. The van der Waals surface area contributed by atoms with Crippen molar-refractivity contribution in [2.45, 2.75) is 34.2 Å². The fraction of sp³-hybridized carbons (Fsp3) is 0.467. The van der Waals surface area contributed by atoms with E-state index < -0.39 is 0 Å². The summed E-state index contributed by atoms with van der Waals surface area (Å²) in [5.74, 6) is 0.463. The van der Waals surface area contributed by atoms with Gasteiger partial charge in [-0.05, 0) is 51.0 Å². The first-order valence-corrected chi connectivity index (χ1v) is 6.98. The Morgan fingerprint density at radius 2 is 1.85 bits per heavy atom. The number of carbonyl (C=O) groups excluding carboxylic acids is 1. The van der Waals surface area contributed by atoms with Gasteiger partial charge in [-0.15, -0.1) is 0 Å². The molecule has 0 aliphatic rings. The highest BCUT2D eigenvalue weighted by Gasteiger charge is 2.15. The van der Waals surface area contributed by atoms with Gasteiger partial charge in [0.15, 0.2) is 0 Å². The molecule has 0 aliphatic carbocycles. The maximum absolute atomic E-state index is 12.2. The lowest BCUT2D eigenvalue weighted by molar-refractivity contribution is -0.131. The number of aromatic nitrogens is 2. The van der Waals surface area contributed by atoms with Crippen LogP contribution in [-0.4, -0.2) is 33.4 Å². The van der Waals surface area contributed by atoms with Gasteiger partial charge in [0, 0.05) is 13.1 Å². The minimum atomic E-state index is 0.0687. The molecule has 0 aliphatic heterocycles. The Balaban J connectivity index is 2.41. The van der Waals surface area contributed by atoms with Crippen LogP contribution in [0.5, 0.6) is 0 Å². The third-order valence-corrected chi connectivity index (χ3v) is 3.80. The van der Waals surface area contributed by atoms with Gasteiger partial charge in [-0.3, -0.25) is 4.79 Å². The van der Waals surface area contributed by atoms with Gasteiger partial charge in [-0.1, -0.05) is 0 Å². The molecule has 0 bridgehead atoms. The Labute approximate surface area is 119 Å². The van der Waals surface area contributed by atoms with Gasteiger partial charge in [0.1, 0.15) is 6.54 Å². The molecular weight excluding hydrogens is 252 g/mol. The second-order valence-corrected chi connectivity index (χ2v) is 5.05. The van der Waals surface area contributed by atoms with Crippen molar-refractivity contribution in [1.29, 1.82) is 0 Å². The molecule has 0 saturated carbocycles. The Morgan fingerprint density at radius 1 is 1.25 bits per heavy atom. The molecule has 2 N–H and O–H groups in total. The molecule has 1 heterocycles. The molecule has 108 valence electrons. The molecule has 1 amide bonds. The predicted octanol–water partition coefficient (Wildman–Crippen LogP) is 2.10. The van der Waals surface area contributed by atoms with Crippen molar-refractivity contribution in [3.8, 4) is 0 Å². The van der Waals surface area contributed by atoms with Crippen LogP contribution in [0.15, 0.2) is 12.1 Å². The number of hydrogen-bond donors (Lipinski definition) is 1.